The van der Waals surface area contributed by atoms with Gasteiger partial charge in [0.2, 0.25) is 0 Å². The summed E-state index contributed by atoms with van der Waals surface area (Å²) in [4.78, 5) is 0. The molecular weight excluding hydrogens is 252 g/mol. The molecule has 0 amide bonds. The molecule has 19 heavy (non-hydrogen) atoms. The normalized spacial score (nSPS) is 15.4. The first kappa shape index (κ1) is 15.9. The number of para-hydroxylation sites is 1. The maximum atomic E-state index is 12.3. The average molecular weight is 273 g/mol. The van der Waals surface area contributed by atoms with Gasteiger partial charge in [0, 0.05) is 17.6 Å². The summed E-state index contributed by atoms with van der Waals surface area (Å²) in [5.74, 6) is 0.153. The fraction of sp³-hybridized carbons (Fsp3) is 0.571. The van der Waals surface area contributed by atoms with E-state index in [4.69, 9.17) is 0 Å². The van der Waals surface area contributed by atoms with E-state index in [-0.39, 0.29) is 17.8 Å². The number of alkyl halides is 2. The molecule has 1 aromatic rings. The Kier molecular flexibility index (Phi) is 5.26. The topological polar surface area (TPSA) is 41.5 Å². The molecule has 1 rings (SSSR count). The van der Waals surface area contributed by atoms with Gasteiger partial charge < -0.3 is 15.2 Å². The van der Waals surface area contributed by atoms with E-state index >= 15 is 0 Å². The number of ether oxygens (including phenoxy) is 1. The average Bonchev–Trinajstić information content (AvgIpc) is 2.27. The summed E-state index contributed by atoms with van der Waals surface area (Å²) in [6.07, 6.45) is 0. The second-order valence-corrected chi connectivity index (χ2v) is 5.18. The van der Waals surface area contributed by atoms with E-state index in [2.05, 4.69) is 10.1 Å². The molecule has 0 saturated carbocycles. The van der Waals surface area contributed by atoms with Crippen LogP contribution in [0.1, 0.15) is 39.3 Å². The first-order chi connectivity index (χ1) is 8.71. The van der Waals surface area contributed by atoms with Crippen molar-refractivity contribution >= 4 is 0 Å². The highest BCUT2D eigenvalue weighted by Crippen LogP contribution is 2.27. The van der Waals surface area contributed by atoms with Crippen molar-refractivity contribution in [3.8, 4) is 5.75 Å². The monoisotopic (exact) mass is 273 g/mol. The number of halogens is 2. The van der Waals surface area contributed by atoms with Crippen LogP contribution in [0, 0.1) is 0 Å². The van der Waals surface area contributed by atoms with Crippen molar-refractivity contribution in [2.45, 2.75) is 52.0 Å². The number of hydrogen-bond acceptors (Lipinski definition) is 3. The lowest BCUT2D eigenvalue weighted by atomic mass is 9.98. The minimum absolute atomic E-state index is 0.153. The summed E-state index contributed by atoms with van der Waals surface area (Å²) >= 11 is 0. The Balaban J connectivity index is 2.84. The van der Waals surface area contributed by atoms with E-state index in [1.54, 1.807) is 32.0 Å². The van der Waals surface area contributed by atoms with Crippen LogP contribution in [0.3, 0.4) is 0 Å². The van der Waals surface area contributed by atoms with Crippen molar-refractivity contribution in [2.24, 2.45) is 0 Å². The minimum Gasteiger partial charge on any atom is -0.434 e. The Morgan fingerprint density at radius 1 is 1.21 bits per heavy atom. The van der Waals surface area contributed by atoms with Crippen molar-refractivity contribution < 1.29 is 18.6 Å². The third kappa shape index (κ3) is 4.76. The number of benzene rings is 1. The fourth-order valence-electron chi connectivity index (χ4n) is 1.71. The molecular formula is C14H21F2NO2. The summed E-state index contributed by atoms with van der Waals surface area (Å²) in [5, 5.41) is 13.1. The van der Waals surface area contributed by atoms with E-state index in [1.807, 2.05) is 13.8 Å². The Morgan fingerprint density at radius 2 is 1.79 bits per heavy atom. The van der Waals surface area contributed by atoms with Crippen LogP contribution in [0.4, 0.5) is 8.78 Å². The molecule has 0 aliphatic rings. The van der Waals surface area contributed by atoms with Gasteiger partial charge in [-0.1, -0.05) is 18.2 Å². The lowest BCUT2D eigenvalue weighted by Crippen LogP contribution is -2.45. The molecule has 0 aliphatic carbocycles. The minimum atomic E-state index is -2.85. The molecule has 0 spiro atoms. The van der Waals surface area contributed by atoms with Gasteiger partial charge in [-0.05, 0) is 33.8 Å². The van der Waals surface area contributed by atoms with E-state index in [0.29, 0.717) is 5.56 Å². The molecule has 2 unspecified atom stereocenters. The smallest absolute Gasteiger partial charge is 0.387 e. The molecule has 0 radical (unpaired) electrons. The van der Waals surface area contributed by atoms with Crippen LogP contribution in [-0.4, -0.2) is 23.4 Å². The van der Waals surface area contributed by atoms with Crippen molar-refractivity contribution in [1.82, 2.24) is 5.32 Å². The van der Waals surface area contributed by atoms with Gasteiger partial charge in [0.05, 0.1) is 5.60 Å². The van der Waals surface area contributed by atoms with Crippen LogP contribution in [-0.2, 0) is 0 Å². The van der Waals surface area contributed by atoms with Crippen molar-refractivity contribution in [1.29, 1.82) is 0 Å². The summed E-state index contributed by atoms with van der Waals surface area (Å²) in [7, 11) is 0. The largest absolute Gasteiger partial charge is 0.434 e. The van der Waals surface area contributed by atoms with Gasteiger partial charge in [0.25, 0.3) is 0 Å². The maximum absolute atomic E-state index is 12.3. The number of rotatable bonds is 6. The summed E-state index contributed by atoms with van der Waals surface area (Å²) in [6, 6.07) is 6.24. The third-order valence-electron chi connectivity index (χ3n) is 3.16. The fourth-order valence-corrected chi connectivity index (χ4v) is 1.71. The highest BCUT2D eigenvalue weighted by atomic mass is 19.3. The first-order valence-corrected chi connectivity index (χ1v) is 6.24. The zero-order valence-corrected chi connectivity index (χ0v) is 11.7. The van der Waals surface area contributed by atoms with E-state index < -0.39 is 12.2 Å². The molecule has 0 saturated heterocycles. The van der Waals surface area contributed by atoms with Crippen molar-refractivity contribution in [3.63, 3.8) is 0 Å². The van der Waals surface area contributed by atoms with Crippen LogP contribution >= 0.6 is 0 Å². The van der Waals surface area contributed by atoms with Crippen LogP contribution < -0.4 is 10.1 Å². The SMILES string of the molecule is CC(NC(C)C(C)(C)O)c1ccccc1OC(F)F. The Hall–Kier alpha value is -1.20. The molecule has 0 heterocycles. The maximum Gasteiger partial charge on any atom is 0.387 e. The van der Waals surface area contributed by atoms with Crippen LogP contribution in [0.15, 0.2) is 24.3 Å². The Morgan fingerprint density at radius 3 is 2.32 bits per heavy atom. The first-order valence-electron chi connectivity index (χ1n) is 6.24. The standard InChI is InChI=1S/C14H21F2NO2/c1-9(17-10(2)14(3,4)18)11-7-5-6-8-12(11)19-13(15)16/h5-10,13,17-18H,1-4H3. The molecule has 1 aromatic carbocycles. The second-order valence-electron chi connectivity index (χ2n) is 5.18. The highest BCUT2D eigenvalue weighted by molar-refractivity contribution is 5.35. The molecule has 0 aliphatic heterocycles. The zero-order chi connectivity index (χ0) is 14.6. The van der Waals surface area contributed by atoms with Gasteiger partial charge in [0.15, 0.2) is 0 Å². The van der Waals surface area contributed by atoms with Gasteiger partial charge >= 0.3 is 6.61 Å². The van der Waals surface area contributed by atoms with Gasteiger partial charge in [-0.25, -0.2) is 0 Å². The highest BCUT2D eigenvalue weighted by Gasteiger charge is 2.25. The van der Waals surface area contributed by atoms with Crippen molar-refractivity contribution in [2.75, 3.05) is 0 Å². The zero-order valence-electron chi connectivity index (χ0n) is 11.7. The van der Waals surface area contributed by atoms with Crippen molar-refractivity contribution in [3.05, 3.63) is 29.8 Å². The Labute approximate surface area is 112 Å². The van der Waals surface area contributed by atoms with Crippen LogP contribution in [0.2, 0.25) is 0 Å². The van der Waals surface area contributed by atoms with Crippen LogP contribution in [0.5, 0.6) is 5.75 Å². The molecule has 3 nitrogen and oxygen atoms in total. The number of hydrogen-bond donors (Lipinski definition) is 2. The summed E-state index contributed by atoms with van der Waals surface area (Å²) in [6.45, 7) is 4.22. The predicted octanol–water partition coefficient (Wildman–Crippen LogP) is 3.10. The number of nitrogens with one attached hydrogen (secondary N) is 1. The van der Waals surface area contributed by atoms with E-state index in [1.165, 1.54) is 6.07 Å². The van der Waals surface area contributed by atoms with Gasteiger partial charge in [-0.3, -0.25) is 0 Å². The molecule has 2 atom stereocenters. The molecule has 0 bridgehead atoms. The molecule has 2 N–H and O–H groups in total. The lowest BCUT2D eigenvalue weighted by Gasteiger charge is -2.30. The molecule has 108 valence electrons. The second kappa shape index (κ2) is 6.30. The van der Waals surface area contributed by atoms with Gasteiger partial charge in [-0.15, -0.1) is 0 Å². The van der Waals surface area contributed by atoms with Gasteiger partial charge in [0.1, 0.15) is 5.75 Å². The van der Waals surface area contributed by atoms with Gasteiger partial charge in [-0.2, -0.15) is 8.78 Å². The molecule has 5 heteroatoms. The van der Waals surface area contributed by atoms with E-state index in [0.717, 1.165) is 0 Å². The molecule has 0 fully saturated rings. The Bertz CT molecular complexity index is 405. The third-order valence-corrected chi connectivity index (χ3v) is 3.16. The predicted molar refractivity (Wildman–Crippen MR) is 70.4 cm³/mol. The number of aliphatic hydroxyl groups is 1. The summed E-state index contributed by atoms with van der Waals surface area (Å²) in [5.41, 5.74) is -0.258. The van der Waals surface area contributed by atoms with Crippen LogP contribution in [0.25, 0.3) is 0 Å². The van der Waals surface area contributed by atoms with E-state index in [9.17, 15) is 13.9 Å². The summed E-state index contributed by atoms with van der Waals surface area (Å²) < 4.78 is 29.2. The molecule has 0 aromatic heterocycles. The lowest BCUT2D eigenvalue weighted by molar-refractivity contribution is -0.0508. The quantitative estimate of drug-likeness (QED) is 0.837.